The molecule has 5 atom stereocenters. The molecule has 0 spiro atoms. The fraction of sp³-hybridized carbons (Fsp3) is 0.538. The van der Waals surface area contributed by atoms with E-state index in [1.165, 1.54) is 10.8 Å². The molecule has 18 heteroatoms. The summed E-state index contributed by atoms with van der Waals surface area (Å²) in [6.07, 6.45) is 0.419. The number of phosphoric ester groups is 1. The zero-order valence-electron chi connectivity index (χ0n) is 15.8. The van der Waals surface area contributed by atoms with Gasteiger partial charge < -0.3 is 30.4 Å². The van der Waals surface area contributed by atoms with Crippen molar-refractivity contribution in [3.05, 3.63) is 22.2 Å². The molecule has 1 heterocycles. The number of aliphatic hydroxyl groups excluding tert-OH is 1. The van der Waals surface area contributed by atoms with Crippen LogP contribution in [0.5, 0.6) is 0 Å². The first kappa shape index (κ1) is 25.9. The maximum Gasteiger partial charge on any atom is 0.490 e. The molecule has 1 saturated carbocycles. The van der Waals surface area contributed by atoms with E-state index in [4.69, 9.17) is 20.4 Å². The minimum absolute atomic E-state index is 0.0505. The normalized spacial score (nSPS) is 25.3. The smallest absolute Gasteiger partial charge is 0.393 e. The number of phosphoric acid groups is 3. The maximum absolute atomic E-state index is 12.2. The lowest BCUT2D eigenvalue weighted by molar-refractivity contribution is 0.0834. The third-order valence-corrected chi connectivity index (χ3v) is 7.94. The molecule has 0 amide bonds. The van der Waals surface area contributed by atoms with Crippen LogP contribution in [-0.4, -0.2) is 46.9 Å². The van der Waals surface area contributed by atoms with Crippen molar-refractivity contribution in [1.29, 1.82) is 0 Å². The summed E-state index contributed by atoms with van der Waals surface area (Å²) >= 11 is 0. The number of anilines is 1. The highest BCUT2D eigenvalue weighted by molar-refractivity contribution is 7.66. The van der Waals surface area contributed by atoms with Gasteiger partial charge in [-0.2, -0.15) is 13.6 Å². The molecule has 0 bridgehead atoms. The Morgan fingerprint density at radius 1 is 1.19 bits per heavy atom. The second-order valence-electron chi connectivity index (χ2n) is 6.44. The predicted molar refractivity (Wildman–Crippen MR) is 103 cm³/mol. The monoisotopic (exact) mass is 503 g/mol. The quantitative estimate of drug-likeness (QED) is 0.200. The van der Waals surface area contributed by atoms with E-state index in [0.29, 0.717) is 5.56 Å². The Balaban J connectivity index is 2.07. The second-order valence-corrected chi connectivity index (χ2v) is 10.9. The zero-order chi connectivity index (χ0) is 23.6. The Morgan fingerprint density at radius 3 is 2.42 bits per heavy atom. The van der Waals surface area contributed by atoms with Crippen molar-refractivity contribution in [2.45, 2.75) is 31.9 Å². The Labute approximate surface area is 175 Å². The SMILES string of the molecule is CC#Cc1cn([C@@H]2C[C@H](COP(=O)(O)OP(=O)(O)OP(=O)(O)O)[C@H](O)C2)c(=O)nc1N. The molecular formula is C13H20N3O12P3. The van der Waals surface area contributed by atoms with E-state index in [1.54, 1.807) is 6.92 Å². The van der Waals surface area contributed by atoms with Crippen LogP contribution in [0.25, 0.3) is 0 Å². The van der Waals surface area contributed by atoms with Crippen molar-refractivity contribution in [3.8, 4) is 11.8 Å². The molecule has 174 valence electrons. The zero-order valence-corrected chi connectivity index (χ0v) is 18.5. The summed E-state index contributed by atoms with van der Waals surface area (Å²) in [5.74, 6) is 4.44. The molecule has 0 aliphatic heterocycles. The van der Waals surface area contributed by atoms with Crippen LogP contribution in [-0.2, 0) is 26.8 Å². The first-order valence-electron chi connectivity index (χ1n) is 8.40. The van der Waals surface area contributed by atoms with Crippen molar-refractivity contribution in [2.75, 3.05) is 12.3 Å². The van der Waals surface area contributed by atoms with Crippen LogP contribution < -0.4 is 11.4 Å². The van der Waals surface area contributed by atoms with Crippen LogP contribution in [0.1, 0.15) is 31.4 Å². The van der Waals surface area contributed by atoms with Crippen molar-refractivity contribution >= 4 is 29.3 Å². The lowest BCUT2D eigenvalue weighted by atomic mass is 10.1. The van der Waals surface area contributed by atoms with E-state index in [2.05, 4.69) is 30.0 Å². The molecule has 0 aromatic carbocycles. The van der Waals surface area contributed by atoms with Gasteiger partial charge in [-0.3, -0.25) is 9.09 Å². The lowest BCUT2D eigenvalue weighted by Gasteiger charge is -2.19. The van der Waals surface area contributed by atoms with Crippen LogP contribution in [0.15, 0.2) is 11.0 Å². The first-order chi connectivity index (χ1) is 14.1. The van der Waals surface area contributed by atoms with Crippen molar-refractivity contribution in [3.63, 3.8) is 0 Å². The number of hydrogen-bond acceptors (Lipinski definition) is 10. The van der Waals surface area contributed by atoms with Gasteiger partial charge in [0.1, 0.15) is 5.82 Å². The molecule has 7 N–H and O–H groups in total. The largest absolute Gasteiger partial charge is 0.490 e. The van der Waals surface area contributed by atoms with Crippen LogP contribution in [0.3, 0.4) is 0 Å². The molecule has 15 nitrogen and oxygen atoms in total. The van der Waals surface area contributed by atoms with Gasteiger partial charge >= 0.3 is 29.2 Å². The fourth-order valence-corrected chi connectivity index (χ4v) is 6.02. The van der Waals surface area contributed by atoms with Crippen LogP contribution in [0.4, 0.5) is 5.82 Å². The number of rotatable bonds is 8. The number of nitrogens with two attached hydrogens (primary N) is 1. The van der Waals surface area contributed by atoms with Crippen molar-refractivity contribution in [2.24, 2.45) is 5.92 Å². The summed E-state index contributed by atoms with van der Waals surface area (Å²) in [6, 6.07) is -0.581. The molecular weight excluding hydrogens is 483 g/mol. The molecule has 2 unspecified atom stereocenters. The third-order valence-electron chi connectivity index (χ3n) is 4.13. The number of nitrogens with zero attached hydrogens (tertiary/aromatic N) is 2. The number of aliphatic hydroxyl groups is 1. The van der Waals surface area contributed by atoms with Gasteiger partial charge in [0.25, 0.3) is 0 Å². The Morgan fingerprint density at radius 2 is 1.84 bits per heavy atom. The van der Waals surface area contributed by atoms with Crippen LogP contribution in [0, 0.1) is 17.8 Å². The molecule has 31 heavy (non-hydrogen) atoms. The van der Waals surface area contributed by atoms with Gasteiger partial charge in [-0.1, -0.05) is 5.92 Å². The van der Waals surface area contributed by atoms with Crippen LogP contribution >= 0.6 is 23.5 Å². The summed E-state index contributed by atoms with van der Waals surface area (Å²) < 4.78 is 46.7. The van der Waals surface area contributed by atoms with Crippen molar-refractivity contribution in [1.82, 2.24) is 9.55 Å². The topological polar surface area (TPSA) is 241 Å². The van der Waals surface area contributed by atoms with E-state index in [0.717, 1.165) is 0 Å². The van der Waals surface area contributed by atoms with Gasteiger partial charge in [-0.15, -0.1) is 5.92 Å². The van der Waals surface area contributed by atoms with Gasteiger partial charge in [0.2, 0.25) is 0 Å². The van der Waals surface area contributed by atoms with E-state index in [-0.39, 0.29) is 18.7 Å². The molecule has 2 rings (SSSR count). The molecule has 1 fully saturated rings. The number of hydrogen-bond donors (Lipinski definition) is 6. The second kappa shape index (κ2) is 9.62. The minimum Gasteiger partial charge on any atom is -0.393 e. The van der Waals surface area contributed by atoms with Gasteiger partial charge in [0.15, 0.2) is 0 Å². The van der Waals surface area contributed by atoms with Gasteiger partial charge in [0, 0.05) is 18.2 Å². The molecule has 1 aliphatic rings. The van der Waals surface area contributed by atoms with E-state index >= 15 is 0 Å². The summed E-state index contributed by atoms with van der Waals surface area (Å²) in [7, 11) is -16.5. The third kappa shape index (κ3) is 7.61. The predicted octanol–water partition coefficient (Wildman–Crippen LogP) is -0.148. The molecule has 1 aliphatic carbocycles. The number of nitrogen functional groups attached to an aromatic ring is 1. The lowest BCUT2D eigenvalue weighted by Crippen LogP contribution is -2.27. The average Bonchev–Trinajstić information content (AvgIpc) is 2.93. The van der Waals surface area contributed by atoms with Crippen molar-refractivity contribution < 1.29 is 51.5 Å². The highest BCUT2D eigenvalue weighted by Gasteiger charge is 2.42. The average molecular weight is 503 g/mol. The van der Waals surface area contributed by atoms with E-state index in [9.17, 15) is 28.5 Å². The van der Waals surface area contributed by atoms with E-state index < -0.39 is 53.8 Å². The summed E-state index contributed by atoms with van der Waals surface area (Å²) in [5.41, 5.74) is 5.25. The van der Waals surface area contributed by atoms with E-state index in [1.807, 2.05) is 0 Å². The first-order valence-corrected chi connectivity index (χ1v) is 12.9. The fourth-order valence-electron chi connectivity index (χ4n) is 2.95. The van der Waals surface area contributed by atoms with Gasteiger partial charge in [-0.05, 0) is 19.8 Å². The maximum atomic E-state index is 12.2. The standard InChI is InChI=1S/C13H20N3O12P3/c1-2-3-8-6-16(13(18)15-12(8)14)10-4-9(11(17)5-10)7-26-30(22,23)28-31(24,25)27-29(19,20)21/h6,9-11,17H,4-5,7H2,1H3,(H,22,23)(H,24,25)(H2,14,15,18)(H2,19,20,21)/t9-,10-,11-/m1/s1. The Bertz CT molecular complexity index is 1090. The minimum atomic E-state index is -5.64. The molecule has 0 saturated heterocycles. The summed E-state index contributed by atoms with van der Waals surface area (Å²) in [4.78, 5) is 51.5. The Kier molecular flexibility index (Phi) is 8.03. The highest BCUT2D eigenvalue weighted by atomic mass is 31.3. The highest BCUT2D eigenvalue weighted by Crippen LogP contribution is 2.66. The summed E-state index contributed by atoms with van der Waals surface area (Å²) in [6.45, 7) is 0.910. The molecule has 1 aromatic heterocycles. The van der Waals surface area contributed by atoms with Crippen LogP contribution in [0.2, 0.25) is 0 Å². The molecule has 1 aromatic rings. The summed E-state index contributed by atoms with van der Waals surface area (Å²) in [5, 5.41) is 10.2. The number of aromatic nitrogens is 2. The Hall–Kier alpha value is -1.39. The van der Waals surface area contributed by atoms with Gasteiger partial charge in [-0.25, -0.2) is 18.5 Å². The van der Waals surface area contributed by atoms with Gasteiger partial charge in [0.05, 0.1) is 18.3 Å². The molecule has 0 radical (unpaired) electrons.